The standard InChI is InChI=1S/C19H34N2/c1-16(2)21(13-17-11-9-8-10-12-17)15-19(6,7)14-20-18(3,4)5/h8-12,16,20H,13-15H2,1-7H3. The Bertz CT molecular complexity index is 401. The highest BCUT2D eigenvalue weighted by atomic mass is 15.2. The molecule has 0 fully saturated rings. The molecule has 0 saturated carbocycles. The second-order valence-electron chi connectivity index (χ2n) is 8.25. The number of rotatable bonds is 7. The van der Waals surface area contributed by atoms with Crippen LogP contribution in [-0.2, 0) is 6.54 Å². The van der Waals surface area contributed by atoms with Crippen LogP contribution in [-0.4, -0.2) is 29.6 Å². The van der Waals surface area contributed by atoms with E-state index in [1.807, 2.05) is 0 Å². The van der Waals surface area contributed by atoms with Gasteiger partial charge in [0.15, 0.2) is 0 Å². The third-order valence-corrected chi connectivity index (χ3v) is 3.69. The van der Waals surface area contributed by atoms with Crippen LogP contribution in [0.25, 0.3) is 0 Å². The minimum Gasteiger partial charge on any atom is -0.311 e. The summed E-state index contributed by atoms with van der Waals surface area (Å²) in [6.07, 6.45) is 0. The molecule has 0 aliphatic rings. The highest BCUT2D eigenvalue weighted by Crippen LogP contribution is 2.20. The van der Waals surface area contributed by atoms with Gasteiger partial charge in [0.2, 0.25) is 0 Å². The van der Waals surface area contributed by atoms with Crippen molar-refractivity contribution in [2.24, 2.45) is 5.41 Å². The monoisotopic (exact) mass is 290 g/mol. The van der Waals surface area contributed by atoms with Crippen molar-refractivity contribution >= 4 is 0 Å². The SMILES string of the molecule is CC(C)N(Cc1ccccc1)CC(C)(C)CNC(C)(C)C. The van der Waals surface area contributed by atoms with Gasteiger partial charge in [-0.05, 0) is 45.6 Å². The average Bonchev–Trinajstić information content (AvgIpc) is 2.36. The second kappa shape index (κ2) is 7.42. The van der Waals surface area contributed by atoms with Gasteiger partial charge in [-0.2, -0.15) is 0 Å². The Morgan fingerprint density at radius 3 is 2.05 bits per heavy atom. The van der Waals surface area contributed by atoms with E-state index in [-0.39, 0.29) is 11.0 Å². The van der Waals surface area contributed by atoms with Gasteiger partial charge in [0.1, 0.15) is 0 Å². The highest BCUT2D eigenvalue weighted by molar-refractivity contribution is 5.14. The minimum atomic E-state index is 0.180. The molecule has 0 aliphatic heterocycles. The van der Waals surface area contributed by atoms with Crippen LogP contribution in [0.3, 0.4) is 0 Å². The molecule has 1 rings (SSSR count). The zero-order chi connectivity index (χ0) is 16.1. The summed E-state index contributed by atoms with van der Waals surface area (Å²) in [4.78, 5) is 2.57. The molecule has 1 N–H and O–H groups in total. The molecule has 0 unspecified atom stereocenters. The fraction of sp³-hybridized carbons (Fsp3) is 0.684. The molecular weight excluding hydrogens is 256 g/mol. The van der Waals surface area contributed by atoms with E-state index >= 15 is 0 Å². The molecule has 1 aromatic carbocycles. The molecule has 0 radical (unpaired) electrons. The third kappa shape index (κ3) is 7.63. The van der Waals surface area contributed by atoms with Crippen molar-refractivity contribution in [2.45, 2.75) is 66.6 Å². The van der Waals surface area contributed by atoms with E-state index in [0.717, 1.165) is 19.6 Å². The Morgan fingerprint density at radius 1 is 1.00 bits per heavy atom. The quantitative estimate of drug-likeness (QED) is 0.805. The molecule has 0 aliphatic carbocycles. The van der Waals surface area contributed by atoms with Crippen molar-refractivity contribution in [2.75, 3.05) is 13.1 Å². The minimum absolute atomic E-state index is 0.180. The smallest absolute Gasteiger partial charge is 0.0236 e. The molecule has 0 aromatic heterocycles. The van der Waals surface area contributed by atoms with Crippen LogP contribution >= 0.6 is 0 Å². The highest BCUT2D eigenvalue weighted by Gasteiger charge is 2.25. The van der Waals surface area contributed by atoms with E-state index in [1.54, 1.807) is 0 Å². The van der Waals surface area contributed by atoms with Crippen molar-refractivity contribution in [3.8, 4) is 0 Å². The fourth-order valence-corrected chi connectivity index (χ4v) is 2.35. The van der Waals surface area contributed by atoms with Crippen molar-refractivity contribution < 1.29 is 0 Å². The van der Waals surface area contributed by atoms with E-state index in [9.17, 15) is 0 Å². The molecule has 0 heterocycles. The van der Waals surface area contributed by atoms with Crippen LogP contribution < -0.4 is 5.32 Å². The predicted octanol–water partition coefficient (Wildman–Crippen LogP) is 4.31. The van der Waals surface area contributed by atoms with Gasteiger partial charge in [-0.25, -0.2) is 0 Å². The topological polar surface area (TPSA) is 15.3 Å². The van der Waals surface area contributed by atoms with Gasteiger partial charge in [-0.1, -0.05) is 44.2 Å². The zero-order valence-corrected chi connectivity index (χ0v) is 15.0. The maximum Gasteiger partial charge on any atom is 0.0236 e. The van der Waals surface area contributed by atoms with Crippen molar-refractivity contribution in [3.63, 3.8) is 0 Å². The molecule has 1 aromatic rings. The second-order valence-corrected chi connectivity index (χ2v) is 8.25. The van der Waals surface area contributed by atoms with E-state index in [1.165, 1.54) is 5.56 Å². The maximum absolute atomic E-state index is 3.64. The van der Waals surface area contributed by atoms with Crippen LogP contribution in [0.4, 0.5) is 0 Å². The van der Waals surface area contributed by atoms with E-state index in [0.29, 0.717) is 6.04 Å². The molecule has 0 atom stereocenters. The summed E-state index contributed by atoms with van der Waals surface area (Å²) in [7, 11) is 0. The van der Waals surface area contributed by atoms with Gasteiger partial charge < -0.3 is 5.32 Å². The lowest BCUT2D eigenvalue weighted by Crippen LogP contribution is -2.47. The molecule has 0 spiro atoms. The molecule has 0 amide bonds. The number of hydrogen-bond acceptors (Lipinski definition) is 2. The normalized spacial score (nSPS) is 13.2. The Hall–Kier alpha value is -0.860. The third-order valence-electron chi connectivity index (χ3n) is 3.69. The molecule has 21 heavy (non-hydrogen) atoms. The number of nitrogens with one attached hydrogen (secondary N) is 1. The van der Waals surface area contributed by atoms with Crippen LogP contribution in [0.1, 0.15) is 54.0 Å². The molecule has 2 heteroatoms. The molecule has 0 bridgehead atoms. The summed E-state index contributed by atoms with van der Waals surface area (Å²) in [6, 6.07) is 11.3. The number of hydrogen-bond donors (Lipinski definition) is 1. The molecule has 0 saturated heterocycles. The van der Waals surface area contributed by atoms with Crippen molar-refractivity contribution in [1.29, 1.82) is 0 Å². The maximum atomic E-state index is 3.64. The average molecular weight is 290 g/mol. The van der Waals surface area contributed by atoms with Gasteiger partial charge >= 0.3 is 0 Å². The Kier molecular flexibility index (Phi) is 6.42. The first-order chi connectivity index (χ1) is 9.59. The largest absolute Gasteiger partial charge is 0.311 e. The predicted molar refractivity (Wildman–Crippen MR) is 93.5 cm³/mol. The lowest BCUT2D eigenvalue weighted by molar-refractivity contribution is 0.129. The number of nitrogens with zero attached hydrogens (tertiary/aromatic N) is 1. The van der Waals surface area contributed by atoms with Gasteiger partial charge in [-0.15, -0.1) is 0 Å². The van der Waals surface area contributed by atoms with Crippen molar-refractivity contribution in [1.82, 2.24) is 10.2 Å². The number of benzene rings is 1. The van der Waals surface area contributed by atoms with Crippen molar-refractivity contribution in [3.05, 3.63) is 35.9 Å². The van der Waals surface area contributed by atoms with E-state index in [2.05, 4.69) is 89.0 Å². The van der Waals surface area contributed by atoms with Gasteiger partial charge in [0, 0.05) is 31.2 Å². The first-order valence-electron chi connectivity index (χ1n) is 8.12. The Labute approximate surface area is 131 Å². The first-order valence-corrected chi connectivity index (χ1v) is 8.12. The van der Waals surface area contributed by atoms with E-state index in [4.69, 9.17) is 0 Å². The summed E-state index contributed by atoms with van der Waals surface area (Å²) in [5, 5.41) is 3.64. The molecule has 120 valence electrons. The zero-order valence-electron chi connectivity index (χ0n) is 15.0. The van der Waals surface area contributed by atoms with Gasteiger partial charge in [-0.3, -0.25) is 4.90 Å². The first kappa shape index (κ1) is 18.2. The van der Waals surface area contributed by atoms with Gasteiger partial charge in [0.05, 0.1) is 0 Å². The van der Waals surface area contributed by atoms with Crippen LogP contribution in [0.5, 0.6) is 0 Å². The molecule has 2 nitrogen and oxygen atoms in total. The van der Waals surface area contributed by atoms with Gasteiger partial charge in [0.25, 0.3) is 0 Å². The Morgan fingerprint density at radius 2 is 1.57 bits per heavy atom. The summed E-state index contributed by atoms with van der Waals surface area (Å²) in [5.41, 5.74) is 1.83. The van der Waals surface area contributed by atoms with Crippen LogP contribution in [0, 0.1) is 5.41 Å². The summed E-state index contributed by atoms with van der Waals surface area (Å²) in [5.74, 6) is 0. The summed E-state index contributed by atoms with van der Waals surface area (Å²) >= 11 is 0. The lowest BCUT2D eigenvalue weighted by atomic mass is 9.90. The van der Waals surface area contributed by atoms with Crippen LogP contribution in [0.2, 0.25) is 0 Å². The summed E-state index contributed by atoms with van der Waals surface area (Å²) < 4.78 is 0. The Balaban J connectivity index is 2.65. The molecular formula is C19H34N2. The lowest BCUT2D eigenvalue weighted by Gasteiger charge is -2.37. The summed E-state index contributed by atoms with van der Waals surface area (Å²) in [6.45, 7) is 19.1. The van der Waals surface area contributed by atoms with Crippen LogP contribution in [0.15, 0.2) is 30.3 Å². The van der Waals surface area contributed by atoms with E-state index < -0.39 is 0 Å². The fourth-order valence-electron chi connectivity index (χ4n) is 2.35.